The first kappa shape index (κ1) is 14.7. The summed E-state index contributed by atoms with van der Waals surface area (Å²) in [4.78, 5) is 13.9. The van der Waals surface area contributed by atoms with Crippen LogP contribution < -0.4 is 20.3 Å². The number of hydrogen-bond donors (Lipinski definition) is 2. The summed E-state index contributed by atoms with van der Waals surface area (Å²) in [7, 11) is 3.61. The maximum atomic E-state index is 11.8. The molecule has 1 unspecified atom stereocenters. The molecule has 1 fully saturated rings. The summed E-state index contributed by atoms with van der Waals surface area (Å²) in [6, 6.07) is 6.16. The molecule has 0 radical (unpaired) electrons. The van der Waals surface area contributed by atoms with Gasteiger partial charge >= 0.3 is 0 Å². The Labute approximate surface area is 120 Å². The van der Waals surface area contributed by atoms with Crippen LogP contribution in [-0.2, 0) is 4.79 Å². The van der Waals surface area contributed by atoms with Gasteiger partial charge in [-0.3, -0.25) is 4.79 Å². The smallest absolute Gasteiger partial charge is 0.239 e. The van der Waals surface area contributed by atoms with Crippen LogP contribution in [0.2, 0.25) is 0 Å². The molecule has 0 bridgehead atoms. The fourth-order valence-electron chi connectivity index (χ4n) is 2.58. The van der Waals surface area contributed by atoms with Gasteiger partial charge < -0.3 is 20.3 Å². The molecular weight excluding hydrogens is 254 g/mol. The number of nitrogens with one attached hydrogen (secondary N) is 2. The largest absolute Gasteiger partial charge is 0.496 e. The molecule has 0 spiro atoms. The Bertz CT molecular complexity index is 476. The van der Waals surface area contributed by atoms with Gasteiger partial charge in [-0.05, 0) is 32.5 Å². The lowest BCUT2D eigenvalue weighted by Gasteiger charge is -2.28. The highest BCUT2D eigenvalue weighted by molar-refractivity contribution is 5.82. The van der Waals surface area contributed by atoms with E-state index >= 15 is 0 Å². The zero-order valence-corrected chi connectivity index (χ0v) is 12.4. The highest BCUT2D eigenvalue weighted by atomic mass is 16.5. The first-order valence-corrected chi connectivity index (χ1v) is 7.03. The summed E-state index contributed by atoms with van der Waals surface area (Å²) >= 11 is 0. The van der Waals surface area contributed by atoms with E-state index in [2.05, 4.69) is 28.5 Å². The molecule has 1 heterocycles. The third kappa shape index (κ3) is 3.04. The quantitative estimate of drug-likeness (QED) is 0.871. The van der Waals surface area contributed by atoms with Crippen molar-refractivity contribution in [3.8, 4) is 5.75 Å². The molecule has 1 aromatic carbocycles. The van der Waals surface area contributed by atoms with Crippen molar-refractivity contribution in [2.45, 2.75) is 19.4 Å². The van der Waals surface area contributed by atoms with Crippen molar-refractivity contribution in [2.75, 3.05) is 38.7 Å². The minimum absolute atomic E-state index is 0.0772. The molecule has 20 heavy (non-hydrogen) atoms. The number of methoxy groups -OCH3 is 1. The Balaban J connectivity index is 2.41. The van der Waals surface area contributed by atoms with Gasteiger partial charge in [-0.1, -0.05) is 6.07 Å². The molecule has 1 aliphatic heterocycles. The van der Waals surface area contributed by atoms with Crippen molar-refractivity contribution in [3.63, 3.8) is 0 Å². The number of anilines is 1. The second kappa shape index (κ2) is 6.61. The van der Waals surface area contributed by atoms with E-state index in [1.165, 1.54) is 0 Å². The van der Waals surface area contributed by atoms with Gasteiger partial charge in [-0.15, -0.1) is 0 Å². The summed E-state index contributed by atoms with van der Waals surface area (Å²) < 4.78 is 5.49. The molecule has 1 amide bonds. The van der Waals surface area contributed by atoms with Crippen LogP contribution in [0.25, 0.3) is 0 Å². The first-order valence-electron chi connectivity index (χ1n) is 7.03. The van der Waals surface area contributed by atoms with Gasteiger partial charge in [0.2, 0.25) is 5.91 Å². The Kier molecular flexibility index (Phi) is 4.84. The van der Waals surface area contributed by atoms with Gasteiger partial charge in [0.1, 0.15) is 5.75 Å². The zero-order valence-electron chi connectivity index (χ0n) is 12.4. The lowest BCUT2D eigenvalue weighted by Crippen LogP contribution is -2.34. The van der Waals surface area contributed by atoms with E-state index in [4.69, 9.17) is 4.74 Å². The van der Waals surface area contributed by atoms with E-state index < -0.39 is 0 Å². The summed E-state index contributed by atoms with van der Waals surface area (Å²) in [6.07, 6.45) is 0.955. The number of rotatable bonds is 4. The summed E-state index contributed by atoms with van der Waals surface area (Å²) in [5, 5.41) is 6.16. The van der Waals surface area contributed by atoms with Crippen LogP contribution in [0.5, 0.6) is 5.75 Å². The van der Waals surface area contributed by atoms with Crippen molar-refractivity contribution in [1.82, 2.24) is 10.6 Å². The van der Waals surface area contributed by atoms with Crippen molar-refractivity contribution in [3.05, 3.63) is 23.8 Å². The van der Waals surface area contributed by atoms with Crippen LogP contribution in [0.3, 0.4) is 0 Å². The number of carbonyl (C=O) groups is 1. The van der Waals surface area contributed by atoms with Crippen LogP contribution in [0.15, 0.2) is 18.2 Å². The first-order chi connectivity index (χ1) is 9.67. The Morgan fingerprint density at radius 3 is 2.95 bits per heavy atom. The monoisotopic (exact) mass is 277 g/mol. The average Bonchev–Trinajstić information content (AvgIpc) is 2.70. The van der Waals surface area contributed by atoms with Crippen LogP contribution in [0.4, 0.5) is 5.69 Å². The molecule has 1 atom stereocenters. The van der Waals surface area contributed by atoms with E-state index in [1.54, 1.807) is 7.11 Å². The lowest BCUT2D eigenvalue weighted by atomic mass is 10.0. The van der Waals surface area contributed by atoms with E-state index in [-0.39, 0.29) is 11.9 Å². The Hall–Kier alpha value is -1.75. The second-order valence-corrected chi connectivity index (χ2v) is 5.03. The molecule has 1 aromatic rings. The minimum atomic E-state index is 0.0772. The third-order valence-corrected chi connectivity index (χ3v) is 3.73. The van der Waals surface area contributed by atoms with E-state index in [9.17, 15) is 4.79 Å². The summed E-state index contributed by atoms with van der Waals surface area (Å²) in [5.74, 6) is 0.933. The van der Waals surface area contributed by atoms with Gasteiger partial charge in [0.05, 0.1) is 13.7 Å². The predicted octanol–water partition coefficient (Wildman–Crippen LogP) is 1.30. The van der Waals surface area contributed by atoms with Gasteiger partial charge in [0.15, 0.2) is 0 Å². The number of hydrogen-bond acceptors (Lipinski definition) is 4. The van der Waals surface area contributed by atoms with Crippen molar-refractivity contribution in [1.29, 1.82) is 0 Å². The van der Waals surface area contributed by atoms with Crippen molar-refractivity contribution in [2.24, 2.45) is 0 Å². The normalized spacial score (nSPS) is 17.4. The fourth-order valence-corrected chi connectivity index (χ4v) is 2.58. The average molecular weight is 277 g/mol. The molecule has 2 rings (SSSR count). The molecule has 1 aliphatic rings. The van der Waals surface area contributed by atoms with Gasteiger partial charge in [0.25, 0.3) is 0 Å². The Morgan fingerprint density at radius 1 is 1.45 bits per heavy atom. The SMILES string of the molecule is CNC(C)c1c(OC)cccc1N1CCCNC(=O)C1. The van der Waals surface area contributed by atoms with Crippen molar-refractivity contribution < 1.29 is 9.53 Å². The molecule has 2 N–H and O–H groups in total. The van der Waals surface area contributed by atoms with Crippen molar-refractivity contribution >= 4 is 11.6 Å². The number of benzene rings is 1. The number of ether oxygens (including phenoxy) is 1. The molecule has 1 saturated heterocycles. The highest BCUT2D eigenvalue weighted by Crippen LogP contribution is 2.34. The maximum Gasteiger partial charge on any atom is 0.239 e. The number of amides is 1. The molecule has 0 aromatic heterocycles. The maximum absolute atomic E-state index is 11.8. The fraction of sp³-hybridized carbons (Fsp3) is 0.533. The Morgan fingerprint density at radius 2 is 2.25 bits per heavy atom. The van der Waals surface area contributed by atoms with E-state index in [1.807, 2.05) is 19.2 Å². The third-order valence-electron chi connectivity index (χ3n) is 3.73. The van der Waals surface area contributed by atoms with Gasteiger partial charge in [-0.2, -0.15) is 0 Å². The van der Waals surface area contributed by atoms with Gasteiger partial charge in [0, 0.05) is 30.4 Å². The number of nitrogens with zero attached hydrogens (tertiary/aromatic N) is 1. The lowest BCUT2D eigenvalue weighted by molar-refractivity contribution is -0.119. The van der Waals surface area contributed by atoms with Crippen LogP contribution in [-0.4, -0.2) is 39.7 Å². The minimum Gasteiger partial charge on any atom is -0.496 e. The molecule has 5 nitrogen and oxygen atoms in total. The topological polar surface area (TPSA) is 53.6 Å². The van der Waals surface area contributed by atoms with E-state index in [0.29, 0.717) is 6.54 Å². The standard InChI is InChI=1S/C15H23N3O2/c1-11(16-2)15-12(6-4-7-13(15)20-3)18-9-5-8-17-14(19)10-18/h4,6-7,11,16H,5,8-10H2,1-3H3,(H,17,19). The molecule has 0 saturated carbocycles. The zero-order chi connectivity index (χ0) is 14.5. The van der Waals surface area contributed by atoms with Crippen LogP contribution in [0, 0.1) is 0 Å². The molecule has 5 heteroatoms. The molecule has 0 aliphatic carbocycles. The van der Waals surface area contributed by atoms with Gasteiger partial charge in [-0.25, -0.2) is 0 Å². The second-order valence-electron chi connectivity index (χ2n) is 5.03. The van der Waals surface area contributed by atoms with E-state index in [0.717, 1.165) is 36.5 Å². The number of carbonyl (C=O) groups excluding carboxylic acids is 1. The van der Waals surface area contributed by atoms with Crippen LogP contribution >= 0.6 is 0 Å². The predicted molar refractivity (Wildman–Crippen MR) is 80.3 cm³/mol. The van der Waals surface area contributed by atoms with Crippen LogP contribution in [0.1, 0.15) is 24.9 Å². The molecular formula is C15H23N3O2. The highest BCUT2D eigenvalue weighted by Gasteiger charge is 2.22. The molecule has 110 valence electrons. The summed E-state index contributed by atoms with van der Waals surface area (Å²) in [5.41, 5.74) is 2.18. The summed E-state index contributed by atoms with van der Waals surface area (Å²) in [6.45, 7) is 4.11.